The molecule has 0 atom stereocenters. The highest BCUT2D eigenvalue weighted by Gasteiger charge is 2.37. The van der Waals surface area contributed by atoms with Crippen molar-refractivity contribution in [1.82, 2.24) is 4.90 Å². The highest BCUT2D eigenvalue weighted by molar-refractivity contribution is 5.74. The van der Waals surface area contributed by atoms with Crippen molar-refractivity contribution in [3.05, 3.63) is 0 Å². The number of piperidine rings is 1. The molecule has 0 spiro atoms. The molecule has 0 aromatic heterocycles. The first-order valence-corrected chi connectivity index (χ1v) is 7.56. The first kappa shape index (κ1) is 13.9. The van der Waals surface area contributed by atoms with Gasteiger partial charge in [0.15, 0.2) is 0 Å². The van der Waals surface area contributed by atoms with Crippen LogP contribution in [0.15, 0.2) is 0 Å². The molecule has 0 radical (unpaired) electrons. The third-order valence-corrected chi connectivity index (χ3v) is 4.97. The zero-order valence-corrected chi connectivity index (χ0v) is 11.7. The average Bonchev–Trinajstić information content (AvgIpc) is 2.61. The molecule has 3 nitrogen and oxygen atoms in total. The van der Waals surface area contributed by atoms with Crippen molar-refractivity contribution < 1.29 is 9.90 Å². The molecule has 1 aliphatic heterocycles. The Morgan fingerprint density at radius 2 is 1.72 bits per heavy atom. The van der Waals surface area contributed by atoms with Crippen molar-refractivity contribution in [2.45, 2.75) is 58.3 Å². The second-order valence-electron chi connectivity index (χ2n) is 6.52. The lowest BCUT2D eigenvalue weighted by Gasteiger charge is -2.37. The molecule has 2 rings (SSSR count). The van der Waals surface area contributed by atoms with E-state index in [9.17, 15) is 9.90 Å². The standard InChI is InChI=1S/C15H27NO2/c1-15(14(17)18)8-10-16(11-9-15)12-13-6-4-2-3-5-7-13/h13H,2-12H2,1H3,(H,17,18). The van der Waals surface area contributed by atoms with Gasteiger partial charge in [0.05, 0.1) is 5.41 Å². The largest absolute Gasteiger partial charge is 0.481 e. The summed E-state index contributed by atoms with van der Waals surface area (Å²) in [6.07, 6.45) is 10.0. The maximum atomic E-state index is 11.2. The van der Waals surface area contributed by atoms with Crippen LogP contribution in [0.4, 0.5) is 0 Å². The summed E-state index contributed by atoms with van der Waals surface area (Å²) in [6, 6.07) is 0. The monoisotopic (exact) mass is 253 g/mol. The van der Waals surface area contributed by atoms with Crippen molar-refractivity contribution in [3.8, 4) is 0 Å². The van der Waals surface area contributed by atoms with Crippen molar-refractivity contribution in [2.24, 2.45) is 11.3 Å². The third-order valence-electron chi connectivity index (χ3n) is 4.97. The van der Waals surface area contributed by atoms with Gasteiger partial charge in [-0.1, -0.05) is 25.7 Å². The number of hydrogen-bond acceptors (Lipinski definition) is 2. The Kier molecular flexibility index (Phi) is 4.66. The molecule has 1 saturated carbocycles. The van der Waals surface area contributed by atoms with Gasteiger partial charge in [-0.15, -0.1) is 0 Å². The molecular formula is C15H27NO2. The van der Waals surface area contributed by atoms with E-state index in [1.54, 1.807) is 0 Å². The van der Waals surface area contributed by atoms with Crippen LogP contribution in [-0.4, -0.2) is 35.6 Å². The number of hydrogen-bond donors (Lipinski definition) is 1. The molecule has 2 aliphatic rings. The van der Waals surface area contributed by atoms with E-state index < -0.39 is 11.4 Å². The molecule has 1 aliphatic carbocycles. The minimum atomic E-state index is -0.614. The zero-order valence-electron chi connectivity index (χ0n) is 11.7. The van der Waals surface area contributed by atoms with Crippen LogP contribution in [-0.2, 0) is 4.79 Å². The predicted molar refractivity (Wildman–Crippen MR) is 72.6 cm³/mol. The van der Waals surface area contributed by atoms with E-state index in [1.165, 1.54) is 45.1 Å². The van der Waals surface area contributed by atoms with Gasteiger partial charge >= 0.3 is 5.97 Å². The average molecular weight is 253 g/mol. The Morgan fingerprint density at radius 3 is 2.22 bits per heavy atom. The van der Waals surface area contributed by atoms with Crippen LogP contribution in [0, 0.1) is 11.3 Å². The molecule has 0 unspecified atom stereocenters. The zero-order chi connectivity index (χ0) is 13.0. The lowest BCUT2D eigenvalue weighted by atomic mass is 9.80. The SMILES string of the molecule is CC1(C(=O)O)CCN(CC2CCCCCC2)CC1. The molecule has 18 heavy (non-hydrogen) atoms. The first-order chi connectivity index (χ1) is 8.60. The Morgan fingerprint density at radius 1 is 1.17 bits per heavy atom. The van der Waals surface area contributed by atoms with Crippen LogP contribution in [0.2, 0.25) is 0 Å². The normalized spacial score (nSPS) is 26.7. The second-order valence-corrected chi connectivity index (χ2v) is 6.52. The van der Waals surface area contributed by atoms with E-state index >= 15 is 0 Å². The highest BCUT2D eigenvalue weighted by atomic mass is 16.4. The molecule has 1 saturated heterocycles. The number of carbonyl (C=O) groups is 1. The fraction of sp³-hybridized carbons (Fsp3) is 0.933. The summed E-state index contributed by atoms with van der Waals surface area (Å²) in [5.74, 6) is 0.248. The molecule has 0 aromatic carbocycles. The molecule has 0 aromatic rings. The Bertz CT molecular complexity index is 274. The minimum Gasteiger partial charge on any atom is -0.481 e. The summed E-state index contributed by atoms with van der Waals surface area (Å²) in [4.78, 5) is 13.7. The van der Waals surface area contributed by atoms with Gasteiger partial charge in [-0.3, -0.25) is 4.79 Å². The smallest absolute Gasteiger partial charge is 0.309 e. The van der Waals surface area contributed by atoms with E-state index in [0.717, 1.165) is 31.8 Å². The fourth-order valence-electron chi connectivity index (χ4n) is 3.35. The van der Waals surface area contributed by atoms with Gasteiger partial charge in [-0.2, -0.15) is 0 Å². The molecule has 0 amide bonds. The summed E-state index contributed by atoms with van der Waals surface area (Å²) in [6.45, 7) is 5.05. The van der Waals surface area contributed by atoms with Crippen molar-refractivity contribution in [1.29, 1.82) is 0 Å². The third kappa shape index (κ3) is 3.47. The molecule has 1 N–H and O–H groups in total. The van der Waals surface area contributed by atoms with Gasteiger partial charge in [-0.05, 0) is 51.6 Å². The van der Waals surface area contributed by atoms with Gasteiger partial charge in [0.1, 0.15) is 0 Å². The maximum Gasteiger partial charge on any atom is 0.309 e. The minimum absolute atomic E-state index is 0.472. The van der Waals surface area contributed by atoms with Crippen molar-refractivity contribution in [3.63, 3.8) is 0 Å². The topological polar surface area (TPSA) is 40.5 Å². The molecule has 1 heterocycles. The Labute approximate surface area is 111 Å². The van der Waals surface area contributed by atoms with Crippen LogP contribution in [0.1, 0.15) is 58.3 Å². The van der Waals surface area contributed by atoms with Crippen LogP contribution in [0.3, 0.4) is 0 Å². The highest BCUT2D eigenvalue weighted by Crippen LogP contribution is 2.32. The number of rotatable bonds is 3. The number of likely N-dealkylation sites (tertiary alicyclic amines) is 1. The van der Waals surface area contributed by atoms with E-state index in [1.807, 2.05) is 6.92 Å². The molecule has 104 valence electrons. The van der Waals surface area contributed by atoms with Crippen LogP contribution < -0.4 is 0 Å². The van der Waals surface area contributed by atoms with E-state index in [2.05, 4.69) is 4.90 Å². The summed E-state index contributed by atoms with van der Waals surface area (Å²) in [5, 5.41) is 9.22. The Hall–Kier alpha value is -0.570. The number of carboxylic acids is 1. The quantitative estimate of drug-likeness (QED) is 0.786. The number of carboxylic acid groups (broad SMARTS) is 1. The summed E-state index contributed by atoms with van der Waals surface area (Å²) in [5.41, 5.74) is -0.472. The van der Waals surface area contributed by atoms with E-state index in [-0.39, 0.29) is 0 Å². The van der Waals surface area contributed by atoms with Gasteiger partial charge in [0.25, 0.3) is 0 Å². The number of aliphatic carboxylic acids is 1. The number of nitrogens with zero attached hydrogens (tertiary/aromatic N) is 1. The van der Waals surface area contributed by atoms with Gasteiger partial charge in [0, 0.05) is 6.54 Å². The van der Waals surface area contributed by atoms with Crippen molar-refractivity contribution >= 4 is 5.97 Å². The summed E-state index contributed by atoms with van der Waals surface area (Å²) in [7, 11) is 0. The lowest BCUT2D eigenvalue weighted by molar-refractivity contribution is -0.150. The second kappa shape index (κ2) is 6.05. The molecule has 2 fully saturated rings. The fourth-order valence-corrected chi connectivity index (χ4v) is 3.35. The van der Waals surface area contributed by atoms with Crippen LogP contribution in [0.5, 0.6) is 0 Å². The summed E-state index contributed by atoms with van der Waals surface area (Å²) >= 11 is 0. The van der Waals surface area contributed by atoms with E-state index in [0.29, 0.717) is 0 Å². The Balaban J connectivity index is 1.77. The maximum absolute atomic E-state index is 11.2. The van der Waals surface area contributed by atoms with E-state index in [4.69, 9.17) is 0 Å². The molecular weight excluding hydrogens is 226 g/mol. The van der Waals surface area contributed by atoms with Crippen molar-refractivity contribution in [2.75, 3.05) is 19.6 Å². The van der Waals surface area contributed by atoms with Gasteiger partial charge < -0.3 is 10.0 Å². The van der Waals surface area contributed by atoms with Crippen LogP contribution in [0.25, 0.3) is 0 Å². The first-order valence-electron chi connectivity index (χ1n) is 7.56. The van der Waals surface area contributed by atoms with Gasteiger partial charge in [-0.25, -0.2) is 0 Å². The summed E-state index contributed by atoms with van der Waals surface area (Å²) < 4.78 is 0. The molecule has 0 bridgehead atoms. The predicted octanol–water partition coefficient (Wildman–Crippen LogP) is 3.14. The molecule has 3 heteroatoms. The lowest BCUT2D eigenvalue weighted by Crippen LogP contribution is -2.44. The van der Waals surface area contributed by atoms with Gasteiger partial charge in [0.2, 0.25) is 0 Å². The van der Waals surface area contributed by atoms with Crippen LogP contribution >= 0.6 is 0 Å².